The van der Waals surface area contributed by atoms with Gasteiger partial charge in [-0.3, -0.25) is 0 Å². The van der Waals surface area contributed by atoms with Gasteiger partial charge in [0.1, 0.15) is 11.5 Å². The first-order chi connectivity index (χ1) is 7.06. The van der Waals surface area contributed by atoms with E-state index in [-0.39, 0.29) is 17.4 Å². The summed E-state index contributed by atoms with van der Waals surface area (Å²) in [6.07, 6.45) is 0. The first kappa shape index (κ1) is 11.5. The van der Waals surface area contributed by atoms with Gasteiger partial charge in [0.25, 0.3) is 0 Å². The van der Waals surface area contributed by atoms with Gasteiger partial charge in [-0.05, 0) is 19.2 Å². The van der Waals surface area contributed by atoms with Gasteiger partial charge >= 0.3 is 0 Å². The van der Waals surface area contributed by atoms with E-state index in [2.05, 4.69) is 5.32 Å². The Hall–Kier alpha value is -1.55. The van der Waals surface area contributed by atoms with E-state index in [1.807, 2.05) is 14.0 Å². The minimum Gasteiger partial charge on any atom is -0.508 e. The molecule has 1 aromatic carbocycles. The normalized spacial score (nSPS) is 12.4. The van der Waals surface area contributed by atoms with Crippen LogP contribution in [0.4, 0.5) is 0 Å². The molecule has 4 nitrogen and oxygen atoms in total. The highest BCUT2D eigenvalue weighted by Crippen LogP contribution is 2.24. The summed E-state index contributed by atoms with van der Waals surface area (Å²) in [5.41, 5.74) is 0.831. The average molecular weight is 208 g/mol. The molecule has 1 aromatic rings. The number of phenols is 2. The number of phenolic OH excluding ortho intramolecular Hbond substituents is 2. The second kappa shape index (κ2) is 4.79. The summed E-state index contributed by atoms with van der Waals surface area (Å²) < 4.78 is 0. The Morgan fingerprint density at radius 3 is 2.67 bits per heavy atom. The quantitative estimate of drug-likeness (QED) is 0.564. The zero-order chi connectivity index (χ0) is 11.4. The number of rotatable bonds is 4. The van der Waals surface area contributed by atoms with Gasteiger partial charge in [-0.25, -0.2) is 0 Å². The predicted octanol–water partition coefficient (Wildman–Crippen LogP) is 1.32. The second-order valence-corrected chi connectivity index (χ2v) is 3.57. The number of hydrogen-bond acceptors (Lipinski definition) is 4. The molecule has 0 spiro atoms. The maximum Gasteiger partial charge on any atom is 0.128 e. The maximum absolute atomic E-state index is 9.56. The van der Waals surface area contributed by atoms with E-state index in [1.165, 1.54) is 12.1 Å². The number of aromatic hydroxyl groups is 2. The highest BCUT2D eigenvalue weighted by Gasteiger charge is 2.14. The third-order valence-corrected chi connectivity index (χ3v) is 2.27. The van der Waals surface area contributed by atoms with Crippen LogP contribution in [0.2, 0.25) is 0 Å². The fourth-order valence-electron chi connectivity index (χ4n) is 1.42. The molecule has 0 bridgehead atoms. The van der Waals surface area contributed by atoms with Crippen molar-refractivity contribution in [2.24, 2.45) is 5.92 Å². The molecule has 4 N–H and O–H groups in total. The molecule has 0 aromatic heterocycles. The van der Waals surface area contributed by atoms with Gasteiger partial charge in [-0.1, -0.05) is 6.92 Å². The van der Waals surface area contributed by atoms with Crippen LogP contribution in [0.15, 0.2) is 18.2 Å². The first-order valence-corrected chi connectivity index (χ1v) is 4.81. The highest BCUT2D eigenvalue weighted by atomic mass is 16.3. The second-order valence-electron chi connectivity index (χ2n) is 3.57. The SMILES string of the molecule is CNCC(C)C(=N)c1ccc(O)cc1O. The largest absolute Gasteiger partial charge is 0.508 e. The lowest BCUT2D eigenvalue weighted by atomic mass is 9.97. The third-order valence-electron chi connectivity index (χ3n) is 2.27. The van der Waals surface area contributed by atoms with Gasteiger partial charge in [-0.2, -0.15) is 0 Å². The summed E-state index contributed by atoms with van der Waals surface area (Å²) >= 11 is 0. The van der Waals surface area contributed by atoms with Crippen LogP contribution < -0.4 is 5.32 Å². The van der Waals surface area contributed by atoms with Gasteiger partial charge in [0.15, 0.2) is 0 Å². The maximum atomic E-state index is 9.56. The molecule has 0 heterocycles. The van der Waals surface area contributed by atoms with Crippen molar-refractivity contribution in [2.45, 2.75) is 6.92 Å². The Balaban J connectivity index is 2.91. The molecular formula is C11H16N2O2. The van der Waals surface area contributed by atoms with E-state index in [9.17, 15) is 5.11 Å². The van der Waals surface area contributed by atoms with Crippen LogP contribution in [0.3, 0.4) is 0 Å². The van der Waals surface area contributed by atoms with E-state index < -0.39 is 0 Å². The molecule has 1 rings (SSSR count). The van der Waals surface area contributed by atoms with E-state index in [0.29, 0.717) is 17.8 Å². The van der Waals surface area contributed by atoms with E-state index in [0.717, 1.165) is 0 Å². The molecule has 0 saturated carbocycles. The zero-order valence-electron chi connectivity index (χ0n) is 8.91. The van der Waals surface area contributed by atoms with Crippen LogP contribution in [0.5, 0.6) is 11.5 Å². The summed E-state index contributed by atoms with van der Waals surface area (Å²) in [6.45, 7) is 2.59. The van der Waals surface area contributed by atoms with Crippen LogP contribution in [0, 0.1) is 11.3 Å². The minimum atomic E-state index is -0.0528. The summed E-state index contributed by atoms with van der Waals surface area (Å²) in [5.74, 6) is -0.0290. The Labute approximate surface area is 89.1 Å². The van der Waals surface area contributed by atoms with Crippen molar-refractivity contribution < 1.29 is 10.2 Å². The monoisotopic (exact) mass is 208 g/mol. The number of hydrogen-bond donors (Lipinski definition) is 4. The van der Waals surface area contributed by atoms with Gasteiger partial charge in [0.2, 0.25) is 0 Å². The summed E-state index contributed by atoms with van der Waals surface area (Å²) in [4.78, 5) is 0. The first-order valence-electron chi connectivity index (χ1n) is 4.81. The van der Waals surface area contributed by atoms with Crippen LogP contribution in [0.25, 0.3) is 0 Å². The molecular weight excluding hydrogens is 192 g/mol. The third kappa shape index (κ3) is 2.70. The molecule has 1 atom stereocenters. The number of nitrogens with one attached hydrogen (secondary N) is 2. The Morgan fingerprint density at radius 2 is 2.13 bits per heavy atom. The Bertz CT molecular complexity index is 364. The predicted molar refractivity (Wildman–Crippen MR) is 59.7 cm³/mol. The molecule has 4 heteroatoms. The molecule has 0 aliphatic heterocycles. The molecule has 1 unspecified atom stereocenters. The lowest BCUT2D eigenvalue weighted by Crippen LogP contribution is -2.23. The minimum absolute atomic E-state index is 0.00493. The lowest BCUT2D eigenvalue weighted by molar-refractivity contribution is 0.449. The van der Waals surface area contributed by atoms with E-state index in [1.54, 1.807) is 6.07 Å². The molecule has 0 amide bonds. The molecule has 0 radical (unpaired) electrons. The molecule has 82 valence electrons. The van der Waals surface area contributed by atoms with Gasteiger partial charge in [-0.15, -0.1) is 0 Å². The van der Waals surface area contributed by atoms with Crippen molar-refractivity contribution in [1.82, 2.24) is 5.32 Å². The topological polar surface area (TPSA) is 76.3 Å². The highest BCUT2D eigenvalue weighted by molar-refractivity contribution is 6.02. The fourth-order valence-corrected chi connectivity index (χ4v) is 1.42. The summed E-state index contributed by atoms with van der Waals surface area (Å²) in [5, 5.41) is 29.5. The van der Waals surface area contributed by atoms with Crippen molar-refractivity contribution in [1.29, 1.82) is 5.41 Å². The van der Waals surface area contributed by atoms with Gasteiger partial charge in [0, 0.05) is 29.8 Å². The van der Waals surface area contributed by atoms with E-state index >= 15 is 0 Å². The zero-order valence-corrected chi connectivity index (χ0v) is 8.91. The average Bonchev–Trinajstić information content (AvgIpc) is 2.17. The Kier molecular flexibility index (Phi) is 3.68. The fraction of sp³-hybridized carbons (Fsp3) is 0.364. The van der Waals surface area contributed by atoms with Crippen molar-refractivity contribution in [3.63, 3.8) is 0 Å². The molecule has 0 aliphatic rings. The molecule has 0 fully saturated rings. The summed E-state index contributed by atoms with van der Waals surface area (Å²) in [6, 6.07) is 4.27. The van der Waals surface area contributed by atoms with Gasteiger partial charge in [0.05, 0.1) is 0 Å². The van der Waals surface area contributed by atoms with Crippen LogP contribution in [0.1, 0.15) is 12.5 Å². The van der Waals surface area contributed by atoms with E-state index in [4.69, 9.17) is 10.5 Å². The van der Waals surface area contributed by atoms with Crippen LogP contribution in [-0.4, -0.2) is 29.5 Å². The Morgan fingerprint density at radius 1 is 1.47 bits per heavy atom. The molecule has 0 saturated heterocycles. The number of benzene rings is 1. The molecule has 15 heavy (non-hydrogen) atoms. The van der Waals surface area contributed by atoms with Crippen molar-refractivity contribution in [3.8, 4) is 11.5 Å². The van der Waals surface area contributed by atoms with Crippen molar-refractivity contribution in [3.05, 3.63) is 23.8 Å². The van der Waals surface area contributed by atoms with Gasteiger partial charge < -0.3 is 20.9 Å². The molecule has 0 aliphatic carbocycles. The van der Waals surface area contributed by atoms with Crippen LogP contribution in [-0.2, 0) is 0 Å². The van der Waals surface area contributed by atoms with Crippen LogP contribution >= 0.6 is 0 Å². The van der Waals surface area contributed by atoms with Crippen molar-refractivity contribution in [2.75, 3.05) is 13.6 Å². The summed E-state index contributed by atoms with van der Waals surface area (Å²) in [7, 11) is 1.82. The smallest absolute Gasteiger partial charge is 0.128 e. The van der Waals surface area contributed by atoms with Crippen molar-refractivity contribution >= 4 is 5.71 Å². The lowest BCUT2D eigenvalue weighted by Gasteiger charge is -2.13. The standard InChI is InChI=1S/C11H16N2O2/c1-7(6-13-2)11(12)9-4-3-8(14)5-10(9)15/h3-5,7,12-15H,6H2,1-2H3.